The highest BCUT2D eigenvalue weighted by Gasteiger charge is 2.38. The van der Waals surface area contributed by atoms with Gasteiger partial charge in [-0.15, -0.1) is 6.58 Å². The zero-order chi connectivity index (χ0) is 23.4. The van der Waals surface area contributed by atoms with Gasteiger partial charge in [-0.3, -0.25) is 4.90 Å². The second-order valence-electron chi connectivity index (χ2n) is 10.5. The summed E-state index contributed by atoms with van der Waals surface area (Å²) in [5.41, 5.74) is 3.99. The maximum absolute atomic E-state index is 4.10. The van der Waals surface area contributed by atoms with Crippen molar-refractivity contribution in [1.82, 2.24) is 4.90 Å². The van der Waals surface area contributed by atoms with Crippen molar-refractivity contribution in [3.05, 3.63) is 109 Å². The van der Waals surface area contributed by atoms with Crippen LogP contribution in [0, 0.1) is 11.8 Å². The van der Waals surface area contributed by atoms with Gasteiger partial charge in [0, 0.05) is 30.8 Å². The van der Waals surface area contributed by atoms with E-state index in [-0.39, 0.29) is 12.4 Å². The average molecular weight is 491 g/mol. The van der Waals surface area contributed by atoms with E-state index >= 15 is 0 Å². The fourth-order valence-corrected chi connectivity index (χ4v) is 6.75. The molecule has 5 aromatic rings. The van der Waals surface area contributed by atoms with Crippen molar-refractivity contribution in [1.29, 1.82) is 0 Å². The molecule has 3 aliphatic heterocycles. The third-order valence-corrected chi connectivity index (χ3v) is 8.60. The molecule has 0 saturated carbocycles. The van der Waals surface area contributed by atoms with Gasteiger partial charge in [-0.05, 0) is 77.6 Å². The molecular formula is C33H31ClN2. The van der Waals surface area contributed by atoms with Gasteiger partial charge < -0.3 is 12.4 Å². The Morgan fingerprint density at radius 3 is 2.44 bits per heavy atom. The number of hydrogen-bond acceptors (Lipinski definition) is 1. The lowest BCUT2D eigenvalue weighted by Gasteiger charge is -2.49. The molecule has 180 valence electrons. The normalized spacial score (nSPS) is 23.1. The summed E-state index contributed by atoms with van der Waals surface area (Å²) in [5, 5.41) is 6.52. The topological polar surface area (TPSA) is 7.12 Å². The third-order valence-electron chi connectivity index (χ3n) is 8.60. The van der Waals surface area contributed by atoms with E-state index in [1.807, 2.05) is 0 Å². The molecule has 36 heavy (non-hydrogen) atoms. The number of fused-ring (bicyclic) bond motifs is 6. The Morgan fingerprint density at radius 1 is 0.861 bits per heavy atom. The molecule has 0 radical (unpaired) electrons. The molecular weight excluding hydrogens is 460 g/mol. The van der Waals surface area contributed by atoms with Crippen LogP contribution in [0.4, 0.5) is 0 Å². The van der Waals surface area contributed by atoms with E-state index in [2.05, 4.69) is 113 Å². The van der Waals surface area contributed by atoms with Crippen LogP contribution in [-0.4, -0.2) is 24.0 Å². The summed E-state index contributed by atoms with van der Waals surface area (Å²) in [5.74, 6) is 1.49. The van der Waals surface area contributed by atoms with Gasteiger partial charge in [0.1, 0.15) is 0 Å². The van der Waals surface area contributed by atoms with E-state index in [1.165, 1.54) is 69.6 Å². The number of piperidine rings is 3. The van der Waals surface area contributed by atoms with Crippen LogP contribution in [0.25, 0.3) is 38.1 Å². The highest BCUT2D eigenvalue weighted by molar-refractivity contribution is 6.01. The molecule has 0 spiro atoms. The first-order valence-electron chi connectivity index (χ1n) is 13.0. The fraction of sp³-hybridized carbons (Fsp3) is 0.242. The molecule has 4 unspecified atom stereocenters. The molecule has 2 nitrogen and oxygen atoms in total. The number of halogens is 1. The fourth-order valence-electron chi connectivity index (χ4n) is 6.75. The lowest BCUT2D eigenvalue weighted by atomic mass is 9.74. The molecule has 1 aromatic heterocycles. The summed E-state index contributed by atoms with van der Waals surface area (Å²) in [7, 11) is 0. The third kappa shape index (κ3) is 3.80. The summed E-state index contributed by atoms with van der Waals surface area (Å²) >= 11 is 0. The Labute approximate surface area is 219 Å². The molecule has 4 heterocycles. The van der Waals surface area contributed by atoms with Crippen LogP contribution in [0.1, 0.15) is 18.4 Å². The van der Waals surface area contributed by atoms with Gasteiger partial charge in [0.2, 0.25) is 11.2 Å². The minimum Gasteiger partial charge on any atom is -1.00 e. The first-order valence-corrected chi connectivity index (χ1v) is 13.0. The van der Waals surface area contributed by atoms with Gasteiger partial charge in [0.25, 0.3) is 0 Å². The SMILES string of the molecule is C=CC1CN2CCC1CC2Cc1cc[n+](-c2cccc3cc4ccccc4cc23)c2ccccc12.[Cl-]. The van der Waals surface area contributed by atoms with E-state index < -0.39 is 0 Å². The van der Waals surface area contributed by atoms with E-state index in [1.54, 1.807) is 0 Å². The minimum atomic E-state index is 0. The number of pyridine rings is 1. The van der Waals surface area contributed by atoms with Gasteiger partial charge in [-0.1, -0.05) is 54.6 Å². The summed E-state index contributed by atoms with van der Waals surface area (Å²) in [6, 6.07) is 31.9. The first kappa shape index (κ1) is 23.2. The average Bonchev–Trinajstić information content (AvgIpc) is 2.92. The summed E-state index contributed by atoms with van der Waals surface area (Å²) in [6.07, 6.45) is 8.25. The Kier molecular flexibility index (Phi) is 6.03. The predicted octanol–water partition coefficient (Wildman–Crippen LogP) is 3.87. The van der Waals surface area contributed by atoms with Crippen molar-refractivity contribution in [2.24, 2.45) is 11.8 Å². The second kappa shape index (κ2) is 9.35. The summed E-state index contributed by atoms with van der Waals surface area (Å²) in [6.45, 7) is 6.53. The highest BCUT2D eigenvalue weighted by atomic mass is 35.5. The number of rotatable bonds is 4. The maximum Gasteiger partial charge on any atom is 0.219 e. The smallest absolute Gasteiger partial charge is 0.219 e. The van der Waals surface area contributed by atoms with Gasteiger partial charge in [0.15, 0.2) is 6.20 Å². The number of nitrogens with zero attached hydrogens (tertiary/aromatic N) is 2. The van der Waals surface area contributed by atoms with Crippen LogP contribution in [0.5, 0.6) is 0 Å². The first-order chi connectivity index (χ1) is 17.3. The van der Waals surface area contributed by atoms with Crippen LogP contribution in [0.2, 0.25) is 0 Å². The van der Waals surface area contributed by atoms with Crippen molar-refractivity contribution in [2.75, 3.05) is 13.1 Å². The zero-order valence-corrected chi connectivity index (χ0v) is 21.2. The molecule has 3 saturated heterocycles. The molecule has 4 atom stereocenters. The lowest BCUT2D eigenvalue weighted by Crippen LogP contribution is -3.00. The van der Waals surface area contributed by atoms with Crippen LogP contribution in [0.15, 0.2) is 104 Å². The van der Waals surface area contributed by atoms with Crippen molar-refractivity contribution in [2.45, 2.75) is 25.3 Å². The van der Waals surface area contributed by atoms with Gasteiger partial charge >= 0.3 is 0 Å². The molecule has 4 aromatic carbocycles. The summed E-state index contributed by atoms with van der Waals surface area (Å²) in [4.78, 5) is 2.72. The molecule has 2 bridgehead atoms. The van der Waals surface area contributed by atoms with Crippen molar-refractivity contribution < 1.29 is 17.0 Å². The molecule has 8 rings (SSSR count). The monoisotopic (exact) mass is 490 g/mol. The van der Waals surface area contributed by atoms with Gasteiger partial charge in [-0.25, -0.2) is 0 Å². The van der Waals surface area contributed by atoms with Crippen molar-refractivity contribution in [3.8, 4) is 5.69 Å². The summed E-state index contributed by atoms with van der Waals surface area (Å²) < 4.78 is 2.39. The van der Waals surface area contributed by atoms with Crippen molar-refractivity contribution in [3.63, 3.8) is 0 Å². The largest absolute Gasteiger partial charge is 1.00 e. The van der Waals surface area contributed by atoms with E-state index in [0.717, 1.165) is 12.3 Å². The van der Waals surface area contributed by atoms with Crippen LogP contribution >= 0.6 is 0 Å². The van der Waals surface area contributed by atoms with Crippen LogP contribution < -0.4 is 17.0 Å². The van der Waals surface area contributed by atoms with Crippen LogP contribution in [-0.2, 0) is 6.42 Å². The molecule has 3 fully saturated rings. The van der Waals surface area contributed by atoms with Gasteiger partial charge in [0.05, 0.1) is 10.8 Å². The van der Waals surface area contributed by atoms with E-state index in [0.29, 0.717) is 12.0 Å². The zero-order valence-electron chi connectivity index (χ0n) is 20.5. The predicted molar refractivity (Wildman–Crippen MR) is 146 cm³/mol. The second-order valence-corrected chi connectivity index (χ2v) is 10.5. The highest BCUT2D eigenvalue weighted by Crippen LogP contribution is 2.38. The molecule has 3 aliphatic rings. The number of benzene rings is 4. The van der Waals surface area contributed by atoms with Crippen LogP contribution in [0.3, 0.4) is 0 Å². The Balaban J connectivity index is 0.00000240. The van der Waals surface area contributed by atoms with Gasteiger partial charge in [-0.2, -0.15) is 4.57 Å². The molecule has 0 N–H and O–H groups in total. The minimum absolute atomic E-state index is 0. The number of aromatic nitrogens is 1. The molecule has 3 heteroatoms. The van der Waals surface area contributed by atoms with Crippen molar-refractivity contribution >= 4 is 32.4 Å². The van der Waals surface area contributed by atoms with E-state index in [9.17, 15) is 0 Å². The molecule has 0 aliphatic carbocycles. The number of hydrogen-bond donors (Lipinski definition) is 0. The standard InChI is InChI=1S/C33H31N2.ClH/c1-2-23-22-34-16-14-26(23)19-29(34)20-28-15-17-35(32-12-6-5-11-30(28)32)33-13-7-10-27-18-24-8-3-4-9-25(24)21-31(27)33;/h2-13,15,17-18,21,23,26,29H,1,14,16,19-20,22H2;1H/q+1;/p-1. The quantitative estimate of drug-likeness (QED) is 0.211. The van der Waals surface area contributed by atoms with E-state index in [4.69, 9.17) is 0 Å². The number of para-hydroxylation sites is 1. The molecule has 0 amide bonds. The maximum atomic E-state index is 4.10. The lowest BCUT2D eigenvalue weighted by molar-refractivity contribution is -0.565. The Hall–Kier alpha value is -3.20. The Morgan fingerprint density at radius 2 is 1.64 bits per heavy atom. The Bertz CT molecular complexity index is 1590.